The Morgan fingerprint density at radius 1 is 1.28 bits per heavy atom. The summed E-state index contributed by atoms with van der Waals surface area (Å²) in [5, 5.41) is 3.45. The van der Waals surface area contributed by atoms with E-state index in [1.165, 1.54) is 36.7 Å². The first-order valence-electron chi connectivity index (χ1n) is 15.4. The Morgan fingerprint density at radius 3 is 2.51 bits per heavy atom. The highest BCUT2D eigenvalue weighted by Crippen LogP contribution is 2.38. The molecule has 4 rings (SSSR count). The predicted octanol–water partition coefficient (Wildman–Crippen LogP) is 5.06. The van der Waals surface area contributed by atoms with Crippen LogP contribution in [0.2, 0.25) is 0 Å². The van der Waals surface area contributed by atoms with E-state index in [1.807, 2.05) is 0 Å². The van der Waals surface area contributed by atoms with E-state index in [9.17, 15) is 18.4 Å². The molecule has 2 aromatic heterocycles. The van der Waals surface area contributed by atoms with E-state index in [-0.39, 0.29) is 48.8 Å². The van der Waals surface area contributed by atoms with Crippen molar-refractivity contribution < 1.29 is 26.8 Å². The van der Waals surface area contributed by atoms with Gasteiger partial charge in [-0.2, -0.15) is 0 Å². The highest BCUT2D eigenvalue weighted by Gasteiger charge is 2.40. The van der Waals surface area contributed by atoms with Gasteiger partial charge in [0.1, 0.15) is 17.2 Å². The quantitative estimate of drug-likeness (QED) is 0.384. The first-order valence-corrected chi connectivity index (χ1v) is 13.9. The van der Waals surface area contributed by atoms with Crippen molar-refractivity contribution in [2.45, 2.75) is 71.1 Å². The summed E-state index contributed by atoms with van der Waals surface area (Å²) < 4.78 is 72.9. The largest absolute Gasteiger partial charge is 0.373 e. The number of anilines is 1. The van der Waals surface area contributed by atoms with Gasteiger partial charge in [-0.15, -0.1) is 0 Å². The Hall–Kier alpha value is -3.88. The average molecular weight is 601 g/mol. The summed E-state index contributed by atoms with van der Waals surface area (Å²) in [6.07, 6.45) is -2.95. The zero-order valence-electron chi connectivity index (χ0n) is 28.1. The molecule has 1 aliphatic heterocycles. The minimum Gasteiger partial charge on any atom is -0.373 e. The van der Waals surface area contributed by atoms with Crippen molar-refractivity contribution in [1.82, 2.24) is 14.5 Å². The van der Waals surface area contributed by atoms with Gasteiger partial charge in [-0.3, -0.25) is 9.59 Å². The van der Waals surface area contributed by atoms with Gasteiger partial charge in [0, 0.05) is 45.0 Å². The van der Waals surface area contributed by atoms with Gasteiger partial charge in [-0.25, -0.2) is 18.2 Å². The van der Waals surface area contributed by atoms with Crippen molar-refractivity contribution in [3.63, 3.8) is 0 Å². The molecule has 1 fully saturated rings. The van der Waals surface area contributed by atoms with Crippen molar-refractivity contribution in [3.05, 3.63) is 68.4 Å². The summed E-state index contributed by atoms with van der Waals surface area (Å²) in [5.74, 6) is 4.93. The van der Waals surface area contributed by atoms with E-state index in [4.69, 9.17) is 19.6 Å². The maximum atomic E-state index is 15.2. The minimum atomic E-state index is -3.01. The van der Waals surface area contributed by atoms with Crippen molar-refractivity contribution in [2.24, 2.45) is 12.8 Å². The molecule has 11 heteroatoms. The number of carbonyl (C=O) groups excluding carboxylic acids is 1. The van der Waals surface area contributed by atoms with E-state index < -0.39 is 47.6 Å². The average Bonchev–Trinajstić information content (AvgIpc) is 2.93. The summed E-state index contributed by atoms with van der Waals surface area (Å²) in [4.78, 5) is 32.5. The van der Waals surface area contributed by atoms with E-state index in [1.54, 1.807) is 32.6 Å². The molecule has 3 heterocycles. The Balaban J connectivity index is 2.01. The first kappa shape index (κ1) is 27.9. The Kier molecular flexibility index (Phi) is 7.80. The second kappa shape index (κ2) is 12.0. The van der Waals surface area contributed by atoms with Gasteiger partial charge in [0.25, 0.3) is 12.0 Å². The Bertz CT molecular complexity index is 1780. The van der Waals surface area contributed by atoms with Crippen LogP contribution in [-0.2, 0) is 22.2 Å². The van der Waals surface area contributed by atoms with Gasteiger partial charge in [0.05, 0.1) is 43.6 Å². The number of hydrogen-bond donors (Lipinski definition) is 2. The molecule has 0 saturated carbocycles. The summed E-state index contributed by atoms with van der Waals surface area (Å²) in [5.41, 5.74) is 3.53. The number of benzene rings is 1. The number of halogens is 3. The topological polar surface area (TPSA) is 102 Å². The molecule has 230 valence electrons. The number of piperidine rings is 1. The van der Waals surface area contributed by atoms with Crippen LogP contribution in [0.25, 0.3) is 10.9 Å². The molecule has 0 unspecified atom stereocenters. The molecule has 1 amide bonds. The van der Waals surface area contributed by atoms with Gasteiger partial charge in [0.15, 0.2) is 0 Å². The minimum absolute atomic E-state index is 0.0250. The predicted molar refractivity (Wildman–Crippen MR) is 160 cm³/mol. The van der Waals surface area contributed by atoms with Gasteiger partial charge in [-0.1, -0.05) is 30.0 Å². The number of amides is 1. The van der Waals surface area contributed by atoms with Crippen LogP contribution >= 0.6 is 0 Å². The van der Waals surface area contributed by atoms with Gasteiger partial charge in [-0.05, 0) is 46.6 Å². The number of fused-ring (bicyclic) bond motifs is 1. The molecule has 0 spiro atoms. The van der Waals surface area contributed by atoms with Crippen LogP contribution in [0.3, 0.4) is 0 Å². The number of ether oxygens (including phenoxy) is 1. The highest BCUT2D eigenvalue weighted by atomic mass is 19.3. The number of hydrogen-bond acceptors (Lipinski definition) is 6. The van der Waals surface area contributed by atoms with Crippen LogP contribution in [-0.4, -0.2) is 46.0 Å². The standard InChI is InChI=1S/C32H38F3N5O3/c1-18(21-9-8-10-23(26(21)33)28(34)35)37-29-24-17-25(32(43-7)13-15-40(16-14-32)20(3)41)30(42)39(6)27(24)22(19(2)38-29)11-12-31(4,5)36/h8-10,17-18,28H,13-16,36H2,1-7H3,(H,37,38)/t18-/m1/s1/i7D3. The number of nitrogens with zero attached hydrogens (tertiary/aromatic N) is 3. The number of aromatic nitrogens is 2. The second-order valence-electron chi connectivity index (χ2n) is 11.6. The molecular formula is C32H38F3N5O3. The monoisotopic (exact) mass is 600 g/mol. The molecule has 1 atom stereocenters. The third-order valence-corrected chi connectivity index (χ3v) is 7.87. The molecule has 0 aliphatic carbocycles. The van der Waals surface area contributed by atoms with Crippen LogP contribution in [0, 0.1) is 24.6 Å². The summed E-state index contributed by atoms with van der Waals surface area (Å²) in [6.45, 7) is 8.41. The number of nitrogens with one attached hydrogen (secondary N) is 1. The molecule has 1 saturated heterocycles. The molecule has 0 bridgehead atoms. The first-order chi connectivity index (χ1) is 21.2. The fourth-order valence-corrected chi connectivity index (χ4v) is 5.45. The Labute approximate surface area is 253 Å². The van der Waals surface area contributed by atoms with Crippen molar-refractivity contribution in [2.75, 3.05) is 25.4 Å². The van der Waals surface area contributed by atoms with E-state index in [2.05, 4.69) is 17.2 Å². The zero-order valence-corrected chi connectivity index (χ0v) is 25.1. The van der Waals surface area contributed by atoms with Gasteiger partial charge in [0.2, 0.25) is 5.91 Å². The van der Waals surface area contributed by atoms with Crippen LogP contribution in [0.15, 0.2) is 29.1 Å². The lowest BCUT2D eigenvalue weighted by molar-refractivity contribution is -0.135. The fraction of sp³-hybridized carbons (Fsp3) is 0.469. The lowest BCUT2D eigenvalue weighted by Gasteiger charge is -2.40. The van der Waals surface area contributed by atoms with Crippen molar-refractivity contribution in [3.8, 4) is 11.8 Å². The third-order valence-electron chi connectivity index (χ3n) is 7.87. The smallest absolute Gasteiger partial charge is 0.266 e. The molecule has 0 radical (unpaired) electrons. The van der Waals surface area contributed by atoms with Crippen LogP contribution in [0.4, 0.5) is 19.0 Å². The maximum absolute atomic E-state index is 15.2. The second-order valence-corrected chi connectivity index (χ2v) is 11.6. The Morgan fingerprint density at radius 2 is 1.93 bits per heavy atom. The number of aryl methyl sites for hydroxylation is 2. The number of alkyl halides is 2. The van der Waals surface area contributed by atoms with E-state index in [0.29, 0.717) is 22.2 Å². The number of nitrogens with two attached hydrogens (primary N) is 1. The molecule has 1 aromatic carbocycles. The molecular weight excluding hydrogens is 559 g/mol. The number of rotatable bonds is 6. The van der Waals surface area contributed by atoms with Crippen LogP contribution < -0.4 is 16.6 Å². The fourth-order valence-electron chi connectivity index (χ4n) is 5.45. The highest BCUT2D eigenvalue weighted by molar-refractivity contribution is 5.95. The summed E-state index contributed by atoms with van der Waals surface area (Å²) in [6, 6.07) is 4.39. The third kappa shape index (κ3) is 6.26. The summed E-state index contributed by atoms with van der Waals surface area (Å²) >= 11 is 0. The number of methoxy groups -OCH3 is 1. The number of pyridine rings is 2. The maximum Gasteiger partial charge on any atom is 0.266 e. The number of likely N-dealkylation sites (tertiary alicyclic amines) is 1. The molecule has 8 nitrogen and oxygen atoms in total. The van der Waals surface area contributed by atoms with Crippen LogP contribution in [0.1, 0.15) is 85.1 Å². The summed E-state index contributed by atoms with van der Waals surface area (Å²) in [7, 11) is -1.37. The molecule has 43 heavy (non-hydrogen) atoms. The SMILES string of the molecule is [2H]C([2H])([2H])OC1(c2cc3c(N[C@H](C)c4cccc(C(F)F)c4F)nc(C)c(C#CC(C)(C)N)c3n(C)c2=O)CCN(C(C)=O)CC1. The zero-order chi connectivity index (χ0) is 34.4. The van der Waals surface area contributed by atoms with Gasteiger partial charge < -0.3 is 25.3 Å². The van der Waals surface area contributed by atoms with Crippen LogP contribution in [0.5, 0.6) is 0 Å². The van der Waals surface area contributed by atoms with E-state index >= 15 is 4.39 Å². The normalized spacial score (nSPS) is 17.1. The molecule has 3 aromatic rings. The van der Waals surface area contributed by atoms with E-state index in [0.717, 1.165) is 6.07 Å². The van der Waals surface area contributed by atoms with Crippen molar-refractivity contribution >= 4 is 22.6 Å². The van der Waals surface area contributed by atoms with Crippen molar-refractivity contribution in [1.29, 1.82) is 0 Å². The molecule has 1 aliphatic rings. The van der Waals surface area contributed by atoms with Gasteiger partial charge >= 0.3 is 0 Å². The lowest BCUT2D eigenvalue weighted by Crippen LogP contribution is -2.48. The lowest BCUT2D eigenvalue weighted by atomic mass is 9.84. The molecule has 3 N–H and O–H groups in total. The number of carbonyl (C=O) groups is 1.